The molecule has 138 valence electrons. The molecule has 0 aliphatic heterocycles. The van der Waals surface area contributed by atoms with Gasteiger partial charge in [-0.1, -0.05) is 37.6 Å². The molecule has 2 aromatic heterocycles. The minimum absolute atomic E-state index is 0.283. The van der Waals surface area contributed by atoms with Gasteiger partial charge in [-0.05, 0) is 36.4 Å². The van der Waals surface area contributed by atoms with E-state index < -0.39 is 5.91 Å². The molecule has 0 fully saturated rings. The summed E-state index contributed by atoms with van der Waals surface area (Å²) in [7, 11) is 0. The van der Waals surface area contributed by atoms with Gasteiger partial charge in [0, 0.05) is 29.3 Å². The molecule has 6 nitrogen and oxygen atoms in total. The number of pyridine rings is 1. The quantitative estimate of drug-likeness (QED) is 0.679. The number of carbonyl (C=O) groups is 1. The van der Waals surface area contributed by atoms with E-state index in [0.717, 1.165) is 11.3 Å². The van der Waals surface area contributed by atoms with Crippen molar-refractivity contribution < 1.29 is 4.79 Å². The van der Waals surface area contributed by atoms with E-state index in [-0.39, 0.29) is 5.41 Å². The number of nitrogens with one attached hydrogen (secondary N) is 1. The molecule has 3 aromatic rings. The number of primary amides is 1. The minimum Gasteiger partial charge on any atom is -0.368 e. The van der Waals surface area contributed by atoms with Gasteiger partial charge in [-0.25, -0.2) is 0 Å². The predicted molar refractivity (Wildman–Crippen MR) is 107 cm³/mol. The lowest BCUT2D eigenvalue weighted by molar-refractivity contribution is 0.100. The molecule has 0 bridgehead atoms. The molecule has 0 aliphatic rings. The van der Waals surface area contributed by atoms with Gasteiger partial charge in [-0.2, -0.15) is 0 Å². The van der Waals surface area contributed by atoms with Crippen LogP contribution in [0, 0.1) is 0 Å². The summed E-state index contributed by atoms with van der Waals surface area (Å²) in [5.74, 6) is 0.170. The first-order valence-corrected chi connectivity index (χ1v) is 8.83. The summed E-state index contributed by atoms with van der Waals surface area (Å²) >= 11 is 6.26. The van der Waals surface area contributed by atoms with Gasteiger partial charge in [0.1, 0.15) is 5.82 Å². The Labute approximate surface area is 162 Å². The maximum atomic E-state index is 11.3. The predicted octanol–water partition coefficient (Wildman–Crippen LogP) is 3.68. The molecule has 0 spiro atoms. The van der Waals surface area contributed by atoms with Crippen LogP contribution >= 0.6 is 11.6 Å². The fourth-order valence-electron chi connectivity index (χ4n) is 2.69. The molecule has 1 aromatic carbocycles. The van der Waals surface area contributed by atoms with Crippen molar-refractivity contribution in [2.75, 3.05) is 11.9 Å². The third kappa shape index (κ3) is 4.41. The molecule has 27 heavy (non-hydrogen) atoms. The molecule has 0 atom stereocenters. The lowest BCUT2D eigenvalue weighted by Gasteiger charge is -2.25. The monoisotopic (exact) mass is 381 g/mol. The van der Waals surface area contributed by atoms with Gasteiger partial charge in [0.25, 0.3) is 0 Å². The van der Waals surface area contributed by atoms with Crippen molar-refractivity contribution in [2.24, 2.45) is 5.73 Å². The van der Waals surface area contributed by atoms with Crippen LogP contribution < -0.4 is 11.1 Å². The Hall–Kier alpha value is -2.99. The van der Waals surface area contributed by atoms with Crippen molar-refractivity contribution in [3.63, 3.8) is 0 Å². The average Bonchev–Trinajstić information content (AvgIpc) is 2.67. The van der Waals surface area contributed by atoms with Gasteiger partial charge in [0.2, 0.25) is 5.91 Å². The maximum Gasteiger partial charge on any atom is 0.248 e. The number of carbonyl (C=O) groups excluding carboxylic acids is 1. The zero-order valence-electron chi connectivity index (χ0n) is 15.1. The van der Waals surface area contributed by atoms with Crippen molar-refractivity contribution in [1.29, 1.82) is 0 Å². The van der Waals surface area contributed by atoms with E-state index in [2.05, 4.69) is 34.3 Å². The molecule has 7 heteroatoms. The molecule has 0 saturated carbocycles. The van der Waals surface area contributed by atoms with Crippen LogP contribution in [-0.2, 0) is 5.41 Å². The SMILES string of the molecule is CC(C)(CNc1ccc(-c2cccc(C(N)=O)c2)nn1)c1ncccc1Cl. The first kappa shape index (κ1) is 18.8. The van der Waals surface area contributed by atoms with Crippen LogP contribution in [-0.4, -0.2) is 27.6 Å². The van der Waals surface area contributed by atoms with E-state index in [0.29, 0.717) is 28.6 Å². The fraction of sp³-hybridized carbons (Fsp3) is 0.200. The van der Waals surface area contributed by atoms with E-state index in [9.17, 15) is 4.79 Å². The van der Waals surface area contributed by atoms with Crippen molar-refractivity contribution in [2.45, 2.75) is 19.3 Å². The fourth-order valence-corrected chi connectivity index (χ4v) is 3.07. The van der Waals surface area contributed by atoms with Gasteiger partial charge < -0.3 is 11.1 Å². The van der Waals surface area contributed by atoms with Gasteiger partial charge >= 0.3 is 0 Å². The van der Waals surface area contributed by atoms with Gasteiger partial charge in [0.15, 0.2) is 0 Å². The Kier molecular flexibility index (Phi) is 5.37. The Morgan fingerprint density at radius 1 is 1.15 bits per heavy atom. The lowest BCUT2D eigenvalue weighted by atomic mass is 9.88. The van der Waals surface area contributed by atoms with Gasteiger partial charge in [-0.3, -0.25) is 9.78 Å². The molecule has 0 aliphatic carbocycles. The summed E-state index contributed by atoms with van der Waals surface area (Å²) in [4.78, 5) is 15.7. The largest absolute Gasteiger partial charge is 0.368 e. The summed E-state index contributed by atoms with van der Waals surface area (Å²) in [6.07, 6.45) is 1.73. The van der Waals surface area contributed by atoms with Crippen molar-refractivity contribution >= 4 is 23.3 Å². The highest BCUT2D eigenvalue weighted by atomic mass is 35.5. The molecule has 3 rings (SSSR count). The summed E-state index contributed by atoms with van der Waals surface area (Å²) in [6, 6.07) is 14.3. The van der Waals surface area contributed by atoms with Gasteiger partial charge in [-0.15, -0.1) is 10.2 Å². The zero-order chi connectivity index (χ0) is 19.4. The third-order valence-corrected chi connectivity index (χ3v) is 4.52. The molecular formula is C20H20ClN5O. The van der Waals surface area contributed by atoms with E-state index in [4.69, 9.17) is 17.3 Å². The van der Waals surface area contributed by atoms with E-state index >= 15 is 0 Å². The zero-order valence-corrected chi connectivity index (χ0v) is 15.9. The number of anilines is 1. The van der Waals surface area contributed by atoms with E-state index in [1.807, 2.05) is 30.3 Å². The molecule has 3 N–H and O–H groups in total. The highest BCUT2D eigenvalue weighted by molar-refractivity contribution is 6.31. The first-order chi connectivity index (χ1) is 12.9. The minimum atomic E-state index is -0.474. The highest BCUT2D eigenvalue weighted by Gasteiger charge is 2.24. The van der Waals surface area contributed by atoms with E-state index in [1.54, 1.807) is 24.4 Å². The Morgan fingerprint density at radius 2 is 1.96 bits per heavy atom. The number of aromatic nitrogens is 3. The van der Waals surface area contributed by atoms with Crippen molar-refractivity contribution in [1.82, 2.24) is 15.2 Å². The second-order valence-corrected chi connectivity index (χ2v) is 7.23. The smallest absolute Gasteiger partial charge is 0.248 e. The number of rotatable bonds is 6. The van der Waals surface area contributed by atoms with Crippen LogP contribution in [0.3, 0.4) is 0 Å². The van der Waals surface area contributed by atoms with Gasteiger partial charge in [0.05, 0.1) is 16.4 Å². The standard InChI is InChI=1S/C20H20ClN5O/c1-20(2,18-15(21)7-4-10-23-18)12-24-17-9-8-16(25-26-17)13-5-3-6-14(11-13)19(22)27/h3-11H,12H2,1-2H3,(H2,22,27)(H,24,26). The number of nitrogens with zero attached hydrogens (tertiary/aromatic N) is 3. The van der Waals surface area contributed by atoms with Crippen LogP contribution in [0.2, 0.25) is 5.02 Å². The van der Waals surface area contributed by atoms with Crippen LogP contribution in [0.25, 0.3) is 11.3 Å². The number of halogens is 1. The second kappa shape index (κ2) is 7.72. The number of hydrogen-bond donors (Lipinski definition) is 2. The van der Waals surface area contributed by atoms with Crippen LogP contribution in [0.5, 0.6) is 0 Å². The van der Waals surface area contributed by atoms with Crippen LogP contribution in [0.1, 0.15) is 29.9 Å². The van der Waals surface area contributed by atoms with Crippen molar-refractivity contribution in [3.05, 3.63) is 71.0 Å². The lowest BCUT2D eigenvalue weighted by Crippen LogP contribution is -2.29. The maximum absolute atomic E-state index is 11.3. The normalized spacial score (nSPS) is 11.2. The van der Waals surface area contributed by atoms with Crippen molar-refractivity contribution in [3.8, 4) is 11.3 Å². The number of nitrogens with two attached hydrogens (primary N) is 1. The third-order valence-electron chi connectivity index (χ3n) is 4.22. The summed E-state index contributed by atoms with van der Waals surface area (Å²) in [5, 5.41) is 12.4. The molecule has 0 radical (unpaired) electrons. The Bertz CT molecular complexity index is 957. The van der Waals surface area contributed by atoms with Crippen LogP contribution in [0.4, 0.5) is 5.82 Å². The Balaban J connectivity index is 1.72. The second-order valence-electron chi connectivity index (χ2n) is 6.82. The number of benzene rings is 1. The number of amides is 1. The topological polar surface area (TPSA) is 93.8 Å². The summed E-state index contributed by atoms with van der Waals surface area (Å²) in [6.45, 7) is 4.71. The molecule has 1 amide bonds. The molecular weight excluding hydrogens is 362 g/mol. The summed E-state index contributed by atoms with van der Waals surface area (Å²) in [5.41, 5.74) is 7.75. The average molecular weight is 382 g/mol. The molecule has 2 heterocycles. The Morgan fingerprint density at radius 3 is 2.63 bits per heavy atom. The highest BCUT2D eigenvalue weighted by Crippen LogP contribution is 2.28. The van der Waals surface area contributed by atoms with Crippen LogP contribution in [0.15, 0.2) is 54.7 Å². The molecule has 0 saturated heterocycles. The first-order valence-electron chi connectivity index (χ1n) is 8.46. The number of hydrogen-bond acceptors (Lipinski definition) is 5. The van der Waals surface area contributed by atoms with E-state index in [1.165, 1.54) is 0 Å². The molecule has 0 unspecified atom stereocenters. The summed E-state index contributed by atoms with van der Waals surface area (Å²) < 4.78 is 0.